The van der Waals surface area contributed by atoms with Gasteiger partial charge >= 0.3 is 5.97 Å². The Kier molecular flexibility index (Phi) is 4.46. The average molecular weight is 281 g/mol. The van der Waals surface area contributed by atoms with E-state index < -0.39 is 5.97 Å². The van der Waals surface area contributed by atoms with Crippen LogP contribution >= 0.6 is 0 Å². The smallest absolute Gasteiger partial charge is 0.337 e. The third-order valence-corrected chi connectivity index (χ3v) is 2.81. The van der Waals surface area contributed by atoms with E-state index in [0.29, 0.717) is 0 Å². The number of anilines is 1. The van der Waals surface area contributed by atoms with E-state index in [2.05, 4.69) is 9.97 Å². The van der Waals surface area contributed by atoms with Crippen LogP contribution in [0.25, 0.3) is 10.9 Å². The monoisotopic (exact) mass is 281 g/mol. The fourth-order valence-electron chi connectivity index (χ4n) is 1.77. The summed E-state index contributed by atoms with van der Waals surface area (Å²) in [6.07, 6.45) is 2.84. The number of nitrogen functional groups attached to an aromatic ring is 1. The number of carbonyl (C=O) groups is 1. The summed E-state index contributed by atoms with van der Waals surface area (Å²) in [4.78, 5) is 18.1. The van der Waals surface area contributed by atoms with Gasteiger partial charge in [0.15, 0.2) is 0 Å². The molecule has 0 saturated carbocycles. The van der Waals surface area contributed by atoms with Gasteiger partial charge in [-0.1, -0.05) is 6.07 Å². The number of aromatic nitrogens is 2. The molecule has 0 saturated heterocycles. The molecule has 0 radical (unpaired) electrons. The second-order valence-electron chi connectivity index (χ2n) is 4.41. The van der Waals surface area contributed by atoms with Crippen LogP contribution in [0.1, 0.15) is 16.1 Å². The number of nitrogens with zero attached hydrogens (tertiary/aromatic N) is 2. The number of hydrogen-bond donors (Lipinski definition) is 2. The van der Waals surface area contributed by atoms with E-state index in [0.717, 1.165) is 22.3 Å². The van der Waals surface area contributed by atoms with Gasteiger partial charge in [0.2, 0.25) is 0 Å². The van der Waals surface area contributed by atoms with Crippen LogP contribution in [0.4, 0.5) is 5.69 Å². The topological polar surface area (TPSA) is 89.1 Å². The van der Waals surface area contributed by atoms with Crippen molar-refractivity contribution in [2.75, 3.05) is 5.73 Å². The summed E-state index contributed by atoms with van der Waals surface area (Å²) in [7, 11) is 0. The van der Waals surface area contributed by atoms with E-state index in [1.54, 1.807) is 6.07 Å². The van der Waals surface area contributed by atoms with Crippen LogP contribution in [-0.4, -0.2) is 21.0 Å². The number of fused-ring (bicyclic) bond motifs is 1. The van der Waals surface area contributed by atoms with E-state index >= 15 is 0 Å². The van der Waals surface area contributed by atoms with Crippen LogP contribution in [0.2, 0.25) is 0 Å². The van der Waals surface area contributed by atoms with Crippen LogP contribution in [0.5, 0.6) is 0 Å². The molecule has 0 fully saturated rings. The van der Waals surface area contributed by atoms with Gasteiger partial charge in [-0.15, -0.1) is 0 Å². The van der Waals surface area contributed by atoms with E-state index in [4.69, 9.17) is 10.8 Å². The molecule has 3 rings (SSSR count). The maximum atomic E-state index is 10.2. The lowest BCUT2D eigenvalue weighted by molar-refractivity contribution is 0.0696. The molecule has 3 N–H and O–H groups in total. The van der Waals surface area contributed by atoms with Crippen molar-refractivity contribution in [2.45, 2.75) is 6.92 Å². The molecule has 106 valence electrons. The molecule has 5 heteroatoms. The third-order valence-electron chi connectivity index (χ3n) is 2.81. The van der Waals surface area contributed by atoms with Crippen molar-refractivity contribution < 1.29 is 9.90 Å². The van der Waals surface area contributed by atoms with Crippen molar-refractivity contribution in [1.29, 1.82) is 0 Å². The molecule has 0 bridgehead atoms. The molecular formula is C16H15N3O2. The minimum Gasteiger partial charge on any atom is -0.478 e. The predicted molar refractivity (Wildman–Crippen MR) is 82.1 cm³/mol. The van der Waals surface area contributed by atoms with E-state index in [9.17, 15) is 4.79 Å². The van der Waals surface area contributed by atoms with Crippen LogP contribution in [0, 0.1) is 6.92 Å². The quantitative estimate of drug-likeness (QED) is 0.669. The number of pyridine rings is 2. The number of carboxylic acids is 1. The third kappa shape index (κ3) is 3.76. The Morgan fingerprint density at radius 1 is 1.14 bits per heavy atom. The molecule has 21 heavy (non-hydrogen) atoms. The van der Waals surface area contributed by atoms with Crippen molar-refractivity contribution in [1.82, 2.24) is 9.97 Å². The maximum absolute atomic E-state index is 10.2. The van der Waals surface area contributed by atoms with Gasteiger partial charge in [0.05, 0.1) is 11.1 Å². The molecule has 2 aromatic heterocycles. The van der Waals surface area contributed by atoms with E-state index in [1.807, 2.05) is 37.3 Å². The summed E-state index contributed by atoms with van der Waals surface area (Å²) < 4.78 is 0. The van der Waals surface area contributed by atoms with Crippen LogP contribution < -0.4 is 5.73 Å². The van der Waals surface area contributed by atoms with Crippen molar-refractivity contribution in [3.05, 3.63) is 66.1 Å². The fraction of sp³-hybridized carbons (Fsp3) is 0.0625. The Labute approximate surface area is 122 Å². The minimum absolute atomic E-state index is 0.220. The number of aryl methyl sites for hydroxylation is 1. The summed E-state index contributed by atoms with van der Waals surface area (Å²) in [6.45, 7) is 1.97. The number of nitrogens with two attached hydrogens (primary N) is 1. The molecule has 0 aliphatic heterocycles. The molecule has 0 amide bonds. The highest BCUT2D eigenvalue weighted by Gasteiger charge is 1.98. The molecule has 0 aliphatic carbocycles. The van der Waals surface area contributed by atoms with Crippen molar-refractivity contribution in [2.24, 2.45) is 0 Å². The first kappa shape index (κ1) is 14.5. The second kappa shape index (κ2) is 6.47. The maximum Gasteiger partial charge on any atom is 0.337 e. The number of carboxylic acid groups (broad SMARTS) is 1. The zero-order valence-corrected chi connectivity index (χ0v) is 11.5. The molecule has 2 heterocycles. The largest absolute Gasteiger partial charge is 0.478 e. The van der Waals surface area contributed by atoms with Gasteiger partial charge in [-0.3, -0.25) is 9.97 Å². The number of rotatable bonds is 1. The highest BCUT2D eigenvalue weighted by molar-refractivity contribution is 5.90. The minimum atomic E-state index is -0.942. The van der Waals surface area contributed by atoms with Crippen molar-refractivity contribution >= 4 is 22.6 Å². The molecule has 3 aromatic rings. The first-order valence-corrected chi connectivity index (χ1v) is 6.33. The zero-order valence-electron chi connectivity index (χ0n) is 11.5. The highest BCUT2D eigenvalue weighted by Crippen LogP contribution is 2.18. The highest BCUT2D eigenvalue weighted by atomic mass is 16.4. The Morgan fingerprint density at radius 3 is 2.57 bits per heavy atom. The summed E-state index contributed by atoms with van der Waals surface area (Å²) in [5, 5.41) is 9.38. The van der Waals surface area contributed by atoms with Gasteiger partial charge in [0.1, 0.15) is 0 Å². The van der Waals surface area contributed by atoms with Gasteiger partial charge in [0.25, 0.3) is 0 Å². The average Bonchev–Trinajstić information content (AvgIpc) is 2.49. The van der Waals surface area contributed by atoms with Crippen LogP contribution in [0.15, 0.2) is 54.9 Å². The lowest BCUT2D eigenvalue weighted by Crippen LogP contribution is -1.94. The van der Waals surface area contributed by atoms with Gasteiger partial charge in [-0.25, -0.2) is 4.79 Å². The Balaban J connectivity index is 0.000000161. The number of benzene rings is 1. The normalized spacial score (nSPS) is 9.76. The number of hydrogen-bond acceptors (Lipinski definition) is 4. The predicted octanol–water partition coefficient (Wildman–Crippen LogP) is 2.91. The fourth-order valence-corrected chi connectivity index (χ4v) is 1.77. The first-order chi connectivity index (χ1) is 10.1. The van der Waals surface area contributed by atoms with Gasteiger partial charge in [-0.2, -0.15) is 0 Å². The molecular weight excluding hydrogens is 266 g/mol. The van der Waals surface area contributed by atoms with Gasteiger partial charge in [0, 0.05) is 29.2 Å². The first-order valence-electron chi connectivity index (χ1n) is 6.33. The second-order valence-corrected chi connectivity index (χ2v) is 4.41. The van der Waals surface area contributed by atoms with Crippen molar-refractivity contribution in [3.63, 3.8) is 0 Å². The standard InChI is InChI=1S/C10H10N2.C6H5NO2/c1-7-5-6-8-9(11)3-2-4-10(8)12-7;8-6(9)5-2-1-3-7-4-5/h2-6H,11H2,1H3;1-4H,(H,8,9). The Morgan fingerprint density at radius 2 is 1.95 bits per heavy atom. The lowest BCUT2D eigenvalue weighted by atomic mass is 10.2. The summed E-state index contributed by atoms with van der Waals surface area (Å²) >= 11 is 0. The summed E-state index contributed by atoms with van der Waals surface area (Å²) in [6, 6.07) is 12.8. The van der Waals surface area contributed by atoms with E-state index in [-0.39, 0.29) is 5.56 Å². The van der Waals surface area contributed by atoms with Gasteiger partial charge < -0.3 is 10.8 Å². The van der Waals surface area contributed by atoms with Crippen molar-refractivity contribution in [3.8, 4) is 0 Å². The SMILES string of the molecule is Cc1ccc2c(N)cccc2n1.O=C(O)c1cccnc1. The molecule has 0 atom stereocenters. The Bertz CT molecular complexity index is 758. The molecule has 5 nitrogen and oxygen atoms in total. The van der Waals surface area contributed by atoms with Gasteiger partial charge in [-0.05, 0) is 43.3 Å². The molecule has 0 aliphatic rings. The van der Waals surface area contributed by atoms with Crippen LogP contribution in [0.3, 0.4) is 0 Å². The summed E-state index contributed by atoms with van der Waals surface area (Å²) in [5.41, 5.74) is 8.77. The molecule has 1 aromatic carbocycles. The molecule has 0 unspecified atom stereocenters. The summed E-state index contributed by atoms with van der Waals surface area (Å²) in [5.74, 6) is -0.942. The van der Waals surface area contributed by atoms with Crippen LogP contribution in [-0.2, 0) is 0 Å². The zero-order chi connectivity index (χ0) is 15.2. The molecule has 0 spiro atoms. The Hall–Kier alpha value is -2.95. The van der Waals surface area contributed by atoms with E-state index in [1.165, 1.54) is 18.5 Å². The number of aromatic carboxylic acids is 1. The lowest BCUT2D eigenvalue weighted by Gasteiger charge is -2.00.